The third-order valence-electron chi connectivity index (χ3n) is 4.64. The van der Waals surface area contributed by atoms with E-state index < -0.39 is 12.0 Å². The van der Waals surface area contributed by atoms with Crippen molar-refractivity contribution in [2.75, 3.05) is 0 Å². The number of hydrogen-bond acceptors (Lipinski definition) is 3. The number of amides is 1. The van der Waals surface area contributed by atoms with E-state index in [2.05, 4.69) is 4.98 Å². The Morgan fingerprint density at radius 1 is 1.24 bits per heavy atom. The number of fused-ring (bicyclic) bond motifs is 1. The summed E-state index contributed by atoms with van der Waals surface area (Å²) in [7, 11) is 0. The Balaban J connectivity index is 1.92. The van der Waals surface area contributed by atoms with Gasteiger partial charge < -0.3 is 15.0 Å². The molecule has 112 valence electrons. The van der Waals surface area contributed by atoms with Gasteiger partial charge in [0.2, 0.25) is 5.56 Å². The molecule has 3 rings (SSSR count). The summed E-state index contributed by atoms with van der Waals surface area (Å²) in [5, 5.41) is 9.42. The van der Waals surface area contributed by atoms with E-state index in [1.54, 1.807) is 0 Å². The molecule has 0 aromatic carbocycles. The number of nitrogens with one attached hydrogen (secondary N) is 1. The van der Waals surface area contributed by atoms with Gasteiger partial charge in [-0.25, -0.2) is 4.79 Å². The molecule has 1 amide bonds. The zero-order chi connectivity index (χ0) is 15.0. The molecule has 0 bridgehead atoms. The molecule has 0 radical (unpaired) electrons. The number of aliphatic carboxylic acids is 1. The Hall–Kier alpha value is -2.11. The second-order valence-electron chi connectivity index (χ2n) is 5.86. The van der Waals surface area contributed by atoms with Gasteiger partial charge in [0.1, 0.15) is 6.04 Å². The number of nitrogens with zero attached hydrogens (tertiary/aromatic N) is 1. The highest BCUT2D eigenvalue weighted by Gasteiger charge is 2.47. The number of hydrogen-bond donors (Lipinski definition) is 2. The first kappa shape index (κ1) is 13.9. The molecule has 0 spiro atoms. The quantitative estimate of drug-likeness (QED) is 0.857. The number of H-pyrrole nitrogens is 1. The molecule has 1 saturated carbocycles. The SMILES string of the molecule is O=C(O)[C@@H]1C[C@H]2CCCC[C@H]2N1C(=O)c1ccc(=O)[nH]c1. The van der Waals surface area contributed by atoms with Crippen LogP contribution in [0.25, 0.3) is 0 Å². The van der Waals surface area contributed by atoms with Crippen molar-refractivity contribution in [1.82, 2.24) is 9.88 Å². The van der Waals surface area contributed by atoms with E-state index in [0.29, 0.717) is 12.0 Å². The summed E-state index contributed by atoms with van der Waals surface area (Å²) in [5.41, 5.74) is 0.0605. The first-order valence-electron chi connectivity index (χ1n) is 7.32. The van der Waals surface area contributed by atoms with E-state index >= 15 is 0 Å². The topological polar surface area (TPSA) is 90.5 Å². The van der Waals surface area contributed by atoms with Crippen molar-refractivity contribution >= 4 is 11.9 Å². The summed E-state index contributed by atoms with van der Waals surface area (Å²) in [6.45, 7) is 0. The molecule has 3 atom stereocenters. The monoisotopic (exact) mass is 290 g/mol. The standard InChI is InChI=1S/C15H18N2O4/c18-13-6-5-10(8-16-13)14(19)17-11-4-2-1-3-9(11)7-12(17)15(20)21/h5-6,8-9,11-12H,1-4,7H2,(H,16,18)(H,20,21)/t9-,11-,12+/m1/s1. The van der Waals surface area contributed by atoms with E-state index in [1.165, 1.54) is 23.2 Å². The highest BCUT2D eigenvalue weighted by molar-refractivity contribution is 5.97. The third-order valence-corrected chi connectivity index (χ3v) is 4.64. The molecule has 1 aromatic heterocycles. The molecular weight excluding hydrogens is 272 g/mol. The highest BCUT2D eigenvalue weighted by atomic mass is 16.4. The first-order valence-corrected chi connectivity index (χ1v) is 7.32. The maximum absolute atomic E-state index is 12.7. The van der Waals surface area contributed by atoms with Crippen molar-refractivity contribution in [3.63, 3.8) is 0 Å². The minimum Gasteiger partial charge on any atom is -0.480 e. The Labute approximate surface area is 121 Å². The van der Waals surface area contributed by atoms with E-state index in [9.17, 15) is 19.5 Å². The first-order chi connectivity index (χ1) is 10.1. The van der Waals surface area contributed by atoms with Crippen LogP contribution in [0.1, 0.15) is 42.5 Å². The molecule has 2 heterocycles. The number of aromatic nitrogens is 1. The van der Waals surface area contributed by atoms with Gasteiger partial charge in [0.05, 0.1) is 5.56 Å². The fourth-order valence-corrected chi connectivity index (χ4v) is 3.67. The maximum Gasteiger partial charge on any atom is 0.326 e. The number of carboxylic acids is 1. The normalized spacial score (nSPS) is 28.2. The van der Waals surface area contributed by atoms with Crippen molar-refractivity contribution in [2.24, 2.45) is 5.92 Å². The van der Waals surface area contributed by atoms with E-state index in [4.69, 9.17) is 0 Å². The van der Waals surface area contributed by atoms with E-state index in [-0.39, 0.29) is 23.4 Å². The van der Waals surface area contributed by atoms with Gasteiger partial charge in [-0.2, -0.15) is 0 Å². The lowest BCUT2D eigenvalue weighted by molar-refractivity contribution is -0.141. The Bertz CT molecular complexity index is 604. The maximum atomic E-state index is 12.7. The summed E-state index contributed by atoms with van der Waals surface area (Å²) in [6.07, 6.45) is 5.89. The minimum absolute atomic E-state index is 0.0132. The van der Waals surface area contributed by atoms with Gasteiger partial charge >= 0.3 is 5.97 Å². The van der Waals surface area contributed by atoms with Crippen molar-refractivity contribution in [3.05, 3.63) is 34.2 Å². The van der Waals surface area contributed by atoms with Crippen LogP contribution in [0.2, 0.25) is 0 Å². The fraction of sp³-hybridized carbons (Fsp3) is 0.533. The van der Waals surface area contributed by atoms with Crippen molar-refractivity contribution < 1.29 is 14.7 Å². The Kier molecular flexibility index (Phi) is 3.53. The van der Waals surface area contributed by atoms with Crippen molar-refractivity contribution in [1.29, 1.82) is 0 Å². The number of carbonyl (C=O) groups is 2. The Morgan fingerprint density at radius 3 is 2.67 bits per heavy atom. The second kappa shape index (κ2) is 5.35. The molecule has 2 fully saturated rings. The van der Waals surface area contributed by atoms with Gasteiger partial charge in [0.15, 0.2) is 0 Å². The van der Waals surface area contributed by atoms with Gasteiger partial charge in [-0.15, -0.1) is 0 Å². The molecule has 1 aliphatic carbocycles. The molecular formula is C15H18N2O4. The second-order valence-corrected chi connectivity index (χ2v) is 5.86. The van der Waals surface area contributed by atoms with Crippen LogP contribution >= 0.6 is 0 Å². The predicted octanol–water partition coefficient (Wildman–Crippen LogP) is 1.23. The van der Waals surface area contributed by atoms with Crippen molar-refractivity contribution in [2.45, 2.75) is 44.2 Å². The summed E-state index contributed by atoms with van der Waals surface area (Å²) in [4.78, 5) is 39.3. The van der Waals surface area contributed by atoms with Crippen LogP contribution in [-0.4, -0.2) is 39.0 Å². The molecule has 21 heavy (non-hydrogen) atoms. The lowest BCUT2D eigenvalue weighted by Crippen LogP contribution is -2.46. The molecule has 1 saturated heterocycles. The summed E-state index contributed by atoms with van der Waals surface area (Å²) < 4.78 is 0. The molecule has 6 heteroatoms. The van der Waals surface area contributed by atoms with Crippen LogP contribution in [0, 0.1) is 5.92 Å². The number of likely N-dealkylation sites (tertiary alicyclic amines) is 1. The Morgan fingerprint density at radius 2 is 2.00 bits per heavy atom. The molecule has 0 unspecified atom stereocenters. The highest BCUT2D eigenvalue weighted by Crippen LogP contribution is 2.40. The molecule has 1 aliphatic heterocycles. The molecule has 2 aliphatic rings. The van der Waals surface area contributed by atoms with Gasteiger partial charge in [-0.05, 0) is 31.2 Å². The van der Waals surface area contributed by atoms with E-state index in [1.807, 2.05) is 0 Å². The van der Waals surface area contributed by atoms with Crippen molar-refractivity contribution in [3.8, 4) is 0 Å². The summed E-state index contributed by atoms with van der Waals surface area (Å²) in [6, 6.07) is 2.00. The summed E-state index contributed by atoms with van der Waals surface area (Å²) >= 11 is 0. The van der Waals surface area contributed by atoms with Gasteiger partial charge in [-0.1, -0.05) is 12.8 Å². The van der Waals surface area contributed by atoms with Gasteiger partial charge in [0, 0.05) is 18.3 Å². The number of pyridine rings is 1. The number of carboxylic acid groups (broad SMARTS) is 1. The molecule has 1 aromatic rings. The average molecular weight is 290 g/mol. The number of aromatic amines is 1. The zero-order valence-corrected chi connectivity index (χ0v) is 11.6. The summed E-state index contributed by atoms with van der Waals surface area (Å²) in [5.74, 6) is -0.957. The van der Waals surface area contributed by atoms with Crippen LogP contribution in [0.3, 0.4) is 0 Å². The molecule has 6 nitrogen and oxygen atoms in total. The van der Waals surface area contributed by atoms with Crippen LogP contribution < -0.4 is 5.56 Å². The van der Waals surface area contributed by atoms with Crippen LogP contribution in [-0.2, 0) is 4.79 Å². The number of rotatable bonds is 2. The van der Waals surface area contributed by atoms with Crippen LogP contribution in [0.4, 0.5) is 0 Å². The van der Waals surface area contributed by atoms with Gasteiger partial charge in [-0.3, -0.25) is 9.59 Å². The fourth-order valence-electron chi connectivity index (χ4n) is 3.67. The molecule has 2 N–H and O–H groups in total. The smallest absolute Gasteiger partial charge is 0.326 e. The third kappa shape index (κ3) is 2.46. The van der Waals surface area contributed by atoms with E-state index in [0.717, 1.165) is 25.7 Å². The lowest BCUT2D eigenvalue weighted by Gasteiger charge is -2.33. The predicted molar refractivity (Wildman–Crippen MR) is 75.0 cm³/mol. The van der Waals surface area contributed by atoms with Crippen LogP contribution in [0.15, 0.2) is 23.1 Å². The minimum atomic E-state index is -0.942. The van der Waals surface area contributed by atoms with Crippen LogP contribution in [0.5, 0.6) is 0 Å². The van der Waals surface area contributed by atoms with Gasteiger partial charge in [0.25, 0.3) is 5.91 Å². The average Bonchev–Trinajstić information content (AvgIpc) is 2.87. The zero-order valence-electron chi connectivity index (χ0n) is 11.6. The number of carbonyl (C=O) groups excluding carboxylic acids is 1. The largest absolute Gasteiger partial charge is 0.480 e. The lowest BCUT2D eigenvalue weighted by atomic mass is 9.84.